The average Bonchev–Trinajstić information content (AvgIpc) is 3.10. The van der Waals surface area contributed by atoms with Crippen molar-refractivity contribution in [2.75, 3.05) is 13.7 Å². The summed E-state index contributed by atoms with van der Waals surface area (Å²) in [6, 6.07) is 11.1. The van der Waals surface area contributed by atoms with Crippen LogP contribution >= 0.6 is 0 Å². The molecular weight excluding hydrogens is 414 g/mol. The number of rotatable bonds is 6. The molecule has 2 atom stereocenters. The van der Waals surface area contributed by atoms with Crippen molar-refractivity contribution in [3.63, 3.8) is 0 Å². The Hall–Kier alpha value is -2.93. The van der Waals surface area contributed by atoms with Gasteiger partial charge in [-0.05, 0) is 61.7 Å². The van der Waals surface area contributed by atoms with E-state index in [-0.39, 0.29) is 12.5 Å². The summed E-state index contributed by atoms with van der Waals surface area (Å²) >= 11 is 0. The van der Waals surface area contributed by atoms with Crippen molar-refractivity contribution in [3.05, 3.63) is 59.3 Å². The maximum atomic E-state index is 14.3. The topological polar surface area (TPSA) is 54.6 Å². The SMILES string of the molecule is COc1cc(C)c2[nH]ccc2c1CN1CCC2(C[C@H]1c1ccc(OC=O)cc1)CC2(F)F. The number of aromatic nitrogens is 1. The molecule has 7 heteroatoms. The predicted molar refractivity (Wildman–Crippen MR) is 117 cm³/mol. The highest BCUT2D eigenvalue weighted by atomic mass is 19.3. The van der Waals surface area contributed by atoms with Gasteiger partial charge in [-0.3, -0.25) is 9.69 Å². The van der Waals surface area contributed by atoms with Crippen molar-refractivity contribution in [2.24, 2.45) is 5.41 Å². The van der Waals surface area contributed by atoms with Gasteiger partial charge >= 0.3 is 0 Å². The van der Waals surface area contributed by atoms with Gasteiger partial charge in [-0.2, -0.15) is 0 Å². The molecule has 1 aromatic heterocycles. The van der Waals surface area contributed by atoms with Crippen LogP contribution in [0.25, 0.3) is 10.9 Å². The summed E-state index contributed by atoms with van der Waals surface area (Å²) < 4.78 is 39.2. The molecule has 1 aliphatic carbocycles. The number of aromatic amines is 1. The van der Waals surface area contributed by atoms with E-state index >= 15 is 0 Å². The maximum Gasteiger partial charge on any atom is 0.298 e. The summed E-state index contributed by atoms with van der Waals surface area (Å²) in [5.41, 5.74) is 3.26. The molecule has 0 radical (unpaired) electrons. The molecule has 1 saturated carbocycles. The first-order valence-corrected chi connectivity index (χ1v) is 10.8. The van der Waals surface area contributed by atoms with Crippen molar-refractivity contribution in [1.82, 2.24) is 9.88 Å². The van der Waals surface area contributed by atoms with Gasteiger partial charge in [0.05, 0.1) is 7.11 Å². The molecule has 5 rings (SSSR count). The lowest BCUT2D eigenvalue weighted by Gasteiger charge is -2.40. The summed E-state index contributed by atoms with van der Waals surface area (Å²) in [5, 5.41) is 1.09. The van der Waals surface area contributed by atoms with Gasteiger partial charge in [0.1, 0.15) is 11.5 Å². The van der Waals surface area contributed by atoms with E-state index in [2.05, 4.69) is 9.88 Å². The lowest BCUT2D eigenvalue weighted by Crippen LogP contribution is -2.39. The smallest absolute Gasteiger partial charge is 0.298 e. The third-order valence-corrected chi connectivity index (χ3v) is 7.26. The fourth-order valence-electron chi connectivity index (χ4n) is 5.31. The second kappa shape index (κ2) is 7.59. The minimum Gasteiger partial charge on any atom is -0.496 e. The number of fused-ring (bicyclic) bond motifs is 1. The van der Waals surface area contributed by atoms with E-state index in [1.807, 2.05) is 37.4 Å². The molecule has 1 spiro atoms. The van der Waals surface area contributed by atoms with Crippen LogP contribution in [0.4, 0.5) is 8.78 Å². The lowest BCUT2D eigenvalue weighted by molar-refractivity contribution is -0.120. The Bertz CT molecular complexity index is 1160. The molecule has 0 amide bonds. The fourth-order valence-corrected chi connectivity index (χ4v) is 5.31. The van der Waals surface area contributed by atoms with Crippen LogP contribution in [0.1, 0.15) is 42.0 Å². The van der Waals surface area contributed by atoms with Crippen molar-refractivity contribution in [3.8, 4) is 11.5 Å². The molecule has 168 valence electrons. The lowest BCUT2D eigenvalue weighted by atomic mass is 9.83. The number of piperidine rings is 1. The Kier molecular flexibility index (Phi) is 4.97. The number of H-pyrrole nitrogens is 1. The van der Waals surface area contributed by atoms with E-state index in [0.717, 1.165) is 33.3 Å². The second-order valence-electron chi connectivity index (χ2n) is 9.03. The standard InChI is InChI=1S/C25H26F2N2O3/c1-16-11-22(31-2)20(19-7-9-28-23(16)19)13-29-10-8-24(14-25(24,26)27)12-21(29)17-3-5-18(6-4-17)32-15-30/h3-7,9,11,15,21,28H,8,10,12-14H2,1-2H3/t21-,24?/m0/s1. The number of nitrogens with zero attached hydrogens (tertiary/aromatic N) is 1. The predicted octanol–water partition coefficient (Wildman–Crippen LogP) is 5.38. The summed E-state index contributed by atoms with van der Waals surface area (Å²) in [4.78, 5) is 16.2. The van der Waals surface area contributed by atoms with Crippen molar-refractivity contribution in [2.45, 2.75) is 44.7 Å². The van der Waals surface area contributed by atoms with Crippen LogP contribution in [0.2, 0.25) is 0 Å². The largest absolute Gasteiger partial charge is 0.496 e. The van der Waals surface area contributed by atoms with Gasteiger partial charge in [0, 0.05) is 47.1 Å². The summed E-state index contributed by atoms with van der Waals surface area (Å²) in [6.45, 7) is 3.59. The van der Waals surface area contributed by atoms with Crippen LogP contribution in [0.5, 0.6) is 11.5 Å². The number of hydrogen-bond acceptors (Lipinski definition) is 4. The Labute approximate surface area is 185 Å². The van der Waals surface area contributed by atoms with Gasteiger partial charge in [-0.15, -0.1) is 0 Å². The minimum atomic E-state index is -2.59. The molecular formula is C25H26F2N2O3. The number of methoxy groups -OCH3 is 1. The third kappa shape index (κ3) is 3.35. The zero-order chi connectivity index (χ0) is 22.5. The van der Waals surface area contributed by atoms with Gasteiger partial charge in [-0.1, -0.05) is 12.1 Å². The first kappa shape index (κ1) is 20.9. The number of carbonyl (C=O) groups excluding carboxylic acids is 1. The molecule has 1 aliphatic heterocycles. The highest BCUT2D eigenvalue weighted by molar-refractivity contribution is 5.88. The zero-order valence-electron chi connectivity index (χ0n) is 18.2. The molecule has 1 unspecified atom stereocenters. The molecule has 3 aromatic rings. The highest BCUT2D eigenvalue weighted by Gasteiger charge is 2.71. The van der Waals surface area contributed by atoms with Crippen molar-refractivity contribution in [1.29, 1.82) is 0 Å². The summed E-state index contributed by atoms with van der Waals surface area (Å²) in [5.74, 6) is -1.35. The van der Waals surface area contributed by atoms with Crippen LogP contribution in [-0.2, 0) is 11.3 Å². The van der Waals surface area contributed by atoms with Crippen LogP contribution in [-0.4, -0.2) is 35.9 Å². The fraction of sp³-hybridized carbons (Fsp3) is 0.400. The number of nitrogens with one attached hydrogen (secondary N) is 1. The van der Waals surface area contributed by atoms with E-state index in [0.29, 0.717) is 38.2 Å². The zero-order valence-corrected chi connectivity index (χ0v) is 18.2. The molecule has 32 heavy (non-hydrogen) atoms. The Morgan fingerprint density at radius 3 is 2.66 bits per heavy atom. The summed E-state index contributed by atoms with van der Waals surface area (Å²) in [6.07, 6.45) is 2.76. The quantitative estimate of drug-likeness (QED) is 0.523. The number of halogens is 2. The van der Waals surface area contributed by atoms with E-state index in [1.54, 1.807) is 19.2 Å². The first-order valence-electron chi connectivity index (χ1n) is 10.8. The van der Waals surface area contributed by atoms with Gasteiger partial charge in [0.15, 0.2) is 0 Å². The molecule has 2 fully saturated rings. The monoisotopic (exact) mass is 440 g/mol. The minimum absolute atomic E-state index is 0.0351. The number of alkyl halides is 2. The van der Waals surface area contributed by atoms with E-state index in [9.17, 15) is 13.6 Å². The number of benzene rings is 2. The van der Waals surface area contributed by atoms with Crippen molar-refractivity contribution < 1.29 is 23.0 Å². The Balaban J connectivity index is 1.51. The van der Waals surface area contributed by atoms with Gasteiger partial charge < -0.3 is 14.5 Å². The highest BCUT2D eigenvalue weighted by Crippen LogP contribution is 2.68. The number of likely N-dealkylation sites (tertiary alicyclic amines) is 1. The van der Waals surface area contributed by atoms with Crippen molar-refractivity contribution >= 4 is 17.4 Å². The normalized spacial score (nSPS) is 24.6. The van der Waals surface area contributed by atoms with Crippen LogP contribution in [0, 0.1) is 12.3 Å². The van der Waals surface area contributed by atoms with Crippen LogP contribution < -0.4 is 9.47 Å². The van der Waals surface area contributed by atoms with E-state index in [1.165, 1.54) is 0 Å². The number of carbonyl (C=O) groups is 1. The number of ether oxygens (including phenoxy) is 2. The number of aryl methyl sites for hydroxylation is 1. The Morgan fingerprint density at radius 2 is 2.00 bits per heavy atom. The molecule has 5 nitrogen and oxygen atoms in total. The maximum absolute atomic E-state index is 14.3. The molecule has 1 saturated heterocycles. The summed E-state index contributed by atoms with van der Waals surface area (Å²) in [7, 11) is 1.66. The molecule has 2 aromatic carbocycles. The molecule has 2 aliphatic rings. The second-order valence-corrected chi connectivity index (χ2v) is 9.03. The van der Waals surface area contributed by atoms with E-state index in [4.69, 9.17) is 9.47 Å². The van der Waals surface area contributed by atoms with Crippen LogP contribution in [0.15, 0.2) is 42.6 Å². The van der Waals surface area contributed by atoms with Gasteiger partial charge in [0.25, 0.3) is 12.4 Å². The number of hydrogen-bond donors (Lipinski definition) is 1. The average molecular weight is 440 g/mol. The Morgan fingerprint density at radius 1 is 1.25 bits per heavy atom. The first-order chi connectivity index (χ1) is 15.4. The van der Waals surface area contributed by atoms with E-state index < -0.39 is 11.3 Å². The third-order valence-electron chi connectivity index (χ3n) is 7.26. The van der Waals surface area contributed by atoms with Gasteiger partial charge in [0.2, 0.25) is 0 Å². The van der Waals surface area contributed by atoms with Gasteiger partial charge in [-0.25, -0.2) is 8.78 Å². The van der Waals surface area contributed by atoms with Crippen LogP contribution in [0.3, 0.4) is 0 Å². The molecule has 1 N–H and O–H groups in total. The molecule has 2 heterocycles. The molecule has 0 bridgehead atoms.